The second-order valence-electron chi connectivity index (χ2n) is 7.67. The van der Waals surface area contributed by atoms with Crippen LogP contribution in [0.15, 0.2) is 42.5 Å². The fourth-order valence-electron chi connectivity index (χ4n) is 3.86. The van der Waals surface area contributed by atoms with Crippen molar-refractivity contribution in [2.45, 2.75) is 6.92 Å². The van der Waals surface area contributed by atoms with Crippen LogP contribution in [0.25, 0.3) is 23.1 Å². The van der Waals surface area contributed by atoms with Gasteiger partial charge in [0.2, 0.25) is 5.91 Å². The average Bonchev–Trinajstić information content (AvgIpc) is 3.21. The van der Waals surface area contributed by atoms with Crippen molar-refractivity contribution in [3.8, 4) is 0 Å². The number of rotatable bonds is 5. The number of hydrogen-bond acceptors (Lipinski definition) is 4. The Hall–Kier alpha value is -3.45. The molecule has 160 valence electrons. The van der Waals surface area contributed by atoms with Gasteiger partial charge in [-0.2, -0.15) is 5.10 Å². The minimum absolute atomic E-state index is 0.00478. The Morgan fingerprint density at radius 2 is 1.81 bits per heavy atom. The SMILES string of the molecule is COCC(=O)N1CCN(C(=O)c2ccc(/C=C/c3n[nH]c4ccccc34)cc2C)CC1. The van der Waals surface area contributed by atoms with Crippen LogP contribution in [-0.4, -0.2) is 71.7 Å². The van der Waals surface area contributed by atoms with Crippen molar-refractivity contribution < 1.29 is 14.3 Å². The van der Waals surface area contributed by atoms with E-state index in [0.717, 1.165) is 27.7 Å². The molecule has 0 unspecified atom stereocenters. The Bertz CT molecular complexity index is 1130. The minimum atomic E-state index is -0.0355. The number of carbonyl (C=O) groups is 2. The Balaban J connectivity index is 1.43. The van der Waals surface area contributed by atoms with Crippen molar-refractivity contribution in [1.29, 1.82) is 0 Å². The number of methoxy groups -OCH3 is 1. The maximum atomic E-state index is 13.0. The van der Waals surface area contributed by atoms with E-state index in [1.54, 1.807) is 4.90 Å². The summed E-state index contributed by atoms with van der Waals surface area (Å²) in [6, 6.07) is 13.8. The van der Waals surface area contributed by atoms with E-state index in [1.165, 1.54) is 7.11 Å². The van der Waals surface area contributed by atoms with Crippen LogP contribution < -0.4 is 0 Å². The number of aromatic nitrogens is 2. The zero-order valence-corrected chi connectivity index (χ0v) is 17.8. The summed E-state index contributed by atoms with van der Waals surface area (Å²) in [4.78, 5) is 28.5. The van der Waals surface area contributed by atoms with E-state index in [4.69, 9.17) is 4.74 Å². The fourth-order valence-corrected chi connectivity index (χ4v) is 3.86. The van der Waals surface area contributed by atoms with Gasteiger partial charge >= 0.3 is 0 Å². The van der Waals surface area contributed by atoms with E-state index in [2.05, 4.69) is 10.2 Å². The van der Waals surface area contributed by atoms with Crippen LogP contribution in [0.5, 0.6) is 0 Å². The molecule has 1 aromatic heterocycles. The summed E-state index contributed by atoms with van der Waals surface area (Å²) in [5, 5.41) is 8.47. The Labute approximate surface area is 181 Å². The number of ether oxygens (including phenoxy) is 1. The van der Waals surface area contributed by atoms with Gasteiger partial charge in [-0.1, -0.05) is 36.4 Å². The van der Waals surface area contributed by atoms with E-state index < -0.39 is 0 Å². The first-order valence-corrected chi connectivity index (χ1v) is 10.3. The van der Waals surface area contributed by atoms with Gasteiger partial charge in [0.25, 0.3) is 5.91 Å². The number of nitrogens with one attached hydrogen (secondary N) is 1. The van der Waals surface area contributed by atoms with Crippen molar-refractivity contribution in [2.75, 3.05) is 39.9 Å². The van der Waals surface area contributed by atoms with Crippen LogP contribution in [0.4, 0.5) is 0 Å². The zero-order chi connectivity index (χ0) is 21.8. The van der Waals surface area contributed by atoms with Crippen molar-refractivity contribution in [2.24, 2.45) is 0 Å². The molecule has 0 bridgehead atoms. The number of nitrogens with zero attached hydrogens (tertiary/aromatic N) is 3. The third kappa shape index (κ3) is 4.51. The molecular weight excluding hydrogens is 392 g/mol. The number of aryl methyl sites for hydroxylation is 1. The molecule has 0 spiro atoms. The monoisotopic (exact) mass is 418 g/mol. The number of piperazine rings is 1. The number of aromatic amines is 1. The van der Waals surface area contributed by atoms with Gasteiger partial charge in [-0.25, -0.2) is 0 Å². The second kappa shape index (κ2) is 9.14. The highest BCUT2D eigenvalue weighted by molar-refractivity contribution is 5.96. The number of amides is 2. The zero-order valence-electron chi connectivity index (χ0n) is 17.8. The van der Waals surface area contributed by atoms with Crippen LogP contribution in [-0.2, 0) is 9.53 Å². The summed E-state index contributed by atoms with van der Waals surface area (Å²) in [5.41, 5.74) is 4.52. The molecule has 1 aliphatic rings. The Kier molecular flexibility index (Phi) is 6.13. The maximum absolute atomic E-state index is 13.0. The lowest BCUT2D eigenvalue weighted by Crippen LogP contribution is -2.51. The lowest BCUT2D eigenvalue weighted by atomic mass is 10.0. The van der Waals surface area contributed by atoms with Crippen molar-refractivity contribution in [3.63, 3.8) is 0 Å². The van der Waals surface area contributed by atoms with Crippen LogP contribution in [0, 0.1) is 6.92 Å². The van der Waals surface area contributed by atoms with E-state index in [1.807, 2.05) is 66.4 Å². The van der Waals surface area contributed by atoms with Crippen molar-refractivity contribution in [3.05, 3.63) is 64.8 Å². The van der Waals surface area contributed by atoms with Gasteiger partial charge in [-0.3, -0.25) is 14.7 Å². The molecule has 0 atom stereocenters. The maximum Gasteiger partial charge on any atom is 0.254 e. The smallest absolute Gasteiger partial charge is 0.254 e. The summed E-state index contributed by atoms with van der Waals surface area (Å²) >= 11 is 0. The molecule has 1 N–H and O–H groups in total. The second-order valence-corrected chi connectivity index (χ2v) is 7.67. The van der Waals surface area contributed by atoms with Gasteiger partial charge < -0.3 is 14.5 Å². The van der Waals surface area contributed by atoms with Gasteiger partial charge in [0.15, 0.2) is 0 Å². The molecule has 31 heavy (non-hydrogen) atoms. The van der Waals surface area contributed by atoms with Gasteiger partial charge in [-0.15, -0.1) is 0 Å². The molecule has 7 heteroatoms. The fraction of sp³-hybridized carbons (Fsp3) is 0.292. The highest BCUT2D eigenvalue weighted by Gasteiger charge is 2.25. The highest BCUT2D eigenvalue weighted by Crippen LogP contribution is 2.20. The lowest BCUT2D eigenvalue weighted by molar-refractivity contribution is -0.136. The highest BCUT2D eigenvalue weighted by atomic mass is 16.5. The first-order chi connectivity index (χ1) is 15.1. The van der Waals surface area contributed by atoms with E-state index in [0.29, 0.717) is 31.7 Å². The van der Waals surface area contributed by atoms with Crippen LogP contribution >= 0.6 is 0 Å². The lowest BCUT2D eigenvalue weighted by Gasteiger charge is -2.35. The third-order valence-corrected chi connectivity index (χ3v) is 5.60. The van der Waals surface area contributed by atoms with E-state index in [-0.39, 0.29) is 18.4 Å². The summed E-state index contributed by atoms with van der Waals surface area (Å²) in [6.45, 7) is 4.16. The Morgan fingerprint density at radius 1 is 1.06 bits per heavy atom. The summed E-state index contributed by atoms with van der Waals surface area (Å²) in [7, 11) is 1.51. The van der Waals surface area contributed by atoms with Gasteiger partial charge in [0.1, 0.15) is 6.61 Å². The number of para-hydroxylation sites is 1. The molecule has 1 fully saturated rings. The topological polar surface area (TPSA) is 78.5 Å². The number of carbonyl (C=O) groups excluding carboxylic acids is 2. The number of hydrogen-bond donors (Lipinski definition) is 1. The van der Waals surface area contributed by atoms with Crippen molar-refractivity contribution >= 4 is 34.9 Å². The molecule has 0 aliphatic carbocycles. The normalized spacial score (nSPS) is 14.5. The molecular formula is C24H26N4O3. The predicted octanol–water partition coefficient (Wildman–Crippen LogP) is 2.97. The quantitative estimate of drug-likeness (QED) is 0.691. The largest absolute Gasteiger partial charge is 0.375 e. The number of fused-ring (bicyclic) bond motifs is 1. The van der Waals surface area contributed by atoms with Gasteiger partial charge in [-0.05, 0) is 36.3 Å². The van der Waals surface area contributed by atoms with Crippen molar-refractivity contribution in [1.82, 2.24) is 20.0 Å². The molecule has 3 aromatic rings. The molecule has 1 aliphatic heterocycles. The molecule has 0 saturated carbocycles. The summed E-state index contributed by atoms with van der Waals surface area (Å²) in [6.07, 6.45) is 3.98. The minimum Gasteiger partial charge on any atom is -0.375 e. The molecule has 2 heterocycles. The van der Waals surface area contributed by atoms with Crippen LogP contribution in [0.3, 0.4) is 0 Å². The Morgan fingerprint density at radius 3 is 2.55 bits per heavy atom. The van der Waals surface area contributed by atoms with E-state index in [9.17, 15) is 9.59 Å². The molecule has 2 amide bonds. The van der Waals surface area contributed by atoms with Gasteiger partial charge in [0, 0.05) is 44.2 Å². The molecule has 4 rings (SSSR count). The summed E-state index contributed by atoms with van der Waals surface area (Å²) in [5.74, 6) is -0.0308. The number of benzene rings is 2. The molecule has 2 aromatic carbocycles. The predicted molar refractivity (Wildman–Crippen MR) is 121 cm³/mol. The van der Waals surface area contributed by atoms with E-state index >= 15 is 0 Å². The molecule has 1 saturated heterocycles. The van der Waals surface area contributed by atoms with Gasteiger partial charge in [0.05, 0.1) is 11.2 Å². The molecule has 7 nitrogen and oxygen atoms in total. The summed E-state index contributed by atoms with van der Waals surface area (Å²) < 4.78 is 4.91. The van der Waals surface area contributed by atoms with Crippen LogP contribution in [0.2, 0.25) is 0 Å². The third-order valence-electron chi connectivity index (χ3n) is 5.60. The first kappa shape index (κ1) is 20.8. The van der Waals surface area contributed by atoms with Crippen LogP contribution in [0.1, 0.15) is 27.2 Å². The standard InChI is InChI=1S/C24H26N4O3/c1-17-15-18(8-10-22-20-5-3-4-6-21(20)25-26-22)7-9-19(17)24(30)28-13-11-27(12-14-28)23(29)16-31-2/h3-10,15H,11-14,16H2,1-2H3,(H,25,26)/b10-8+. The average molecular weight is 418 g/mol. The number of H-pyrrole nitrogens is 1. The molecule has 0 radical (unpaired) electrons. The first-order valence-electron chi connectivity index (χ1n) is 10.3.